The number of hydrogen-bond acceptors (Lipinski definition) is 4. The number of piperazine rings is 1. The summed E-state index contributed by atoms with van der Waals surface area (Å²) in [6.07, 6.45) is 1.08. The quantitative estimate of drug-likeness (QED) is 0.869. The van der Waals surface area contributed by atoms with Crippen molar-refractivity contribution in [2.75, 3.05) is 42.1 Å². The molecule has 0 unspecified atom stereocenters. The number of carbonyl (C=O) groups excluding carboxylic acids is 1. The summed E-state index contributed by atoms with van der Waals surface area (Å²) in [5, 5.41) is 0. The van der Waals surface area contributed by atoms with Gasteiger partial charge in [-0.15, -0.1) is 0 Å². The summed E-state index contributed by atoms with van der Waals surface area (Å²) >= 11 is 0. The minimum Gasteiger partial charge on any atom is -0.366 e. The van der Waals surface area contributed by atoms with Crippen LogP contribution in [0.2, 0.25) is 0 Å². The number of nitrogens with zero attached hydrogens (tertiary/aromatic N) is 2. The van der Waals surface area contributed by atoms with Gasteiger partial charge in [-0.05, 0) is 42.8 Å². The van der Waals surface area contributed by atoms with E-state index in [1.165, 1.54) is 6.07 Å². The van der Waals surface area contributed by atoms with Crippen molar-refractivity contribution in [3.63, 3.8) is 0 Å². The van der Waals surface area contributed by atoms with Gasteiger partial charge < -0.3 is 9.80 Å². The summed E-state index contributed by atoms with van der Waals surface area (Å²) in [6.45, 7) is 3.85. The van der Waals surface area contributed by atoms with Gasteiger partial charge in [0.1, 0.15) is 5.82 Å². The molecular weight excluding hydrogens is 369 g/mol. The van der Waals surface area contributed by atoms with Crippen molar-refractivity contribution in [3.8, 4) is 0 Å². The molecule has 0 radical (unpaired) electrons. The number of para-hydroxylation sites is 1. The number of sulfonamides is 1. The Morgan fingerprint density at radius 1 is 1.07 bits per heavy atom. The van der Waals surface area contributed by atoms with E-state index in [2.05, 4.69) is 4.72 Å². The Morgan fingerprint density at radius 2 is 1.74 bits per heavy atom. The Labute approximate surface area is 158 Å². The molecule has 3 rings (SSSR count). The molecule has 6 nitrogen and oxygen atoms in total. The Kier molecular flexibility index (Phi) is 5.36. The molecule has 1 saturated heterocycles. The van der Waals surface area contributed by atoms with Crippen LogP contribution in [0.15, 0.2) is 42.5 Å². The summed E-state index contributed by atoms with van der Waals surface area (Å²) in [7, 11) is -3.37. The van der Waals surface area contributed by atoms with Crippen LogP contribution in [0.3, 0.4) is 0 Å². The van der Waals surface area contributed by atoms with Gasteiger partial charge in [0, 0.05) is 31.7 Å². The molecule has 2 aromatic carbocycles. The molecule has 144 valence electrons. The standard InChI is InChI=1S/C19H22FN3O3S/c1-14-13-15(7-8-17(14)21-27(2,25)26)19(24)23-11-9-22(10-12-23)18-6-4-3-5-16(18)20/h3-8,13,21H,9-12H2,1-2H3. The highest BCUT2D eigenvalue weighted by Crippen LogP contribution is 2.22. The highest BCUT2D eigenvalue weighted by molar-refractivity contribution is 7.92. The van der Waals surface area contributed by atoms with Gasteiger partial charge in [-0.3, -0.25) is 9.52 Å². The van der Waals surface area contributed by atoms with Crippen molar-refractivity contribution in [2.45, 2.75) is 6.92 Å². The third kappa shape index (κ3) is 4.57. The number of carbonyl (C=O) groups is 1. The first-order valence-electron chi connectivity index (χ1n) is 8.62. The maximum absolute atomic E-state index is 13.9. The zero-order valence-electron chi connectivity index (χ0n) is 15.3. The van der Waals surface area contributed by atoms with Gasteiger partial charge in [-0.1, -0.05) is 12.1 Å². The average molecular weight is 391 g/mol. The minimum absolute atomic E-state index is 0.114. The van der Waals surface area contributed by atoms with Crippen LogP contribution >= 0.6 is 0 Å². The van der Waals surface area contributed by atoms with Crippen molar-refractivity contribution in [1.82, 2.24) is 4.90 Å². The SMILES string of the molecule is Cc1cc(C(=O)N2CCN(c3ccccc3F)CC2)ccc1NS(C)(=O)=O. The number of aryl methyl sites for hydroxylation is 1. The van der Waals surface area contributed by atoms with Gasteiger partial charge in [0.05, 0.1) is 17.6 Å². The number of halogens is 1. The van der Waals surface area contributed by atoms with Gasteiger partial charge >= 0.3 is 0 Å². The summed E-state index contributed by atoms with van der Waals surface area (Å²) in [6, 6.07) is 11.5. The number of benzene rings is 2. The lowest BCUT2D eigenvalue weighted by Gasteiger charge is -2.36. The normalized spacial score (nSPS) is 14.9. The minimum atomic E-state index is -3.37. The van der Waals surface area contributed by atoms with Gasteiger partial charge in [-0.25, -0.2) is 12.8 Å². The molecule has 0 spiro atoms. The molecule has 27 heavy (non-hydrogen) atoms. The van der Waals surface area contributed by atoms with Crippen molar-refractivity contribution in [2.24, 2.45) is 0 Å². The maximum atomic E-state index is 13.9. The largest absolute Gasteiger partial charge is 0.366 e. The second-order valence-electron chi connectivity index (χ2n) is 6.63. The highest BCUT2D eigenvalue weighted by Gasteiger charge is 2.24. The second kappa shape index (κ2) is 7.56. The lowest BCUT2D eigenvalue weighted by atomic mass is 10.1. The molecule has 0 aromatic heterocycles. The molecule has 0 saturated carbocycles. The second-order valence-corrected chi connectivity index (χ2v) is 8.38. The number of anilines is 2. The predicted molar refractivity (Wildman–Crippen MR) is 104 cm³/mol. The van der Waals surface area contributed by atoms with Crippen LogP contribution in [0.25, 0.3) is 0 Å². The van der Waals surface area contributed by atoms with Gasteiger partial charge in [0.25, 0.3) is 5.91 Å². The first-order valence-corrected chi connectivity index (χ1v) is 10.5. The summed E-state index contributed by atoms with van der Waals surface area (Å²) in [5.41, 5.74) is 2.19. The van der Waals surface area contributed by atoms with Gasteiger partial charge in [0.15, 0.2) is 0 Å². The predicted octanol–water partition coefficient (Wildman–Crippen LogP) is 2.47. The van der Waals surface area contributed by atoms with Crippen LogP contribution in [0.4, 0.5) is 15.8 Å². The topological polar surface area (TPSA) is 69.7 Å². The molecule has 8 heteroatoms. The molecular formula is C19H22FN3O3S. The molecule has 1 heterocycles. The van der Waals surface area contributed by atoms with E-state index < -0.39 is 10.0 Å². The van der Waals surface area contributed by atoms with E-state index in [1.54, 1.807) is 48.2 Å². The van der Waals surface area contributed by atoms with Crippen LogP contribution in [-0.2, 0) is 10.0 Å². The lowest BCUT2D eigenvalue weighted by molar-refractivity contribution is 0.0746. The third-order valence-electron chi connectivity index (χ3n) is 4.53. The number of nitrogens with one attached hydrogen (secondary N) is 1. The summed E-state index contributed by atoms with van der Waals surface area (Å²) < 4.78 is 39.1. The monoisotopic (exact) mass is 391 g/mol. The zero-order chi connectivity index (χ0) is 19.6. The summed E-state index contributed by atoms with van der Waals surface area (Å²) in [4.78, 5) is 16.4. The fourth-order valence-corrected chi connectivity index (χ4v) is 3.78. The van der Waals surface area contributed by atoms with E-state index in [0.717, 1.165) is 6.26 Å². The lowest BCUT2D eigenvalue weighted by Crippen LogP contribution is -2.49. The van der Waals surface area contributed by atoms with E-state index in [-0.39, 0.29) is 11.7 Å². The third-order valence-corrected chi connectivity index (χ3v) is 5.12. The Bertz CT molecular complexity index is 954. The van der Waals surface area contributed by atoms with Crippen LogP contribution in [0, 0.1) is 12.7 Å². The van der Waals surface area contributed by atoms with Crippen molar-refractivity contribution >= 4 is 27.3 Å². The Morgan fingerprint density at radius 3 is 2.33 bits per heavy atom. The smallest absolute Gasteiger partial charge is 0.253 e. The number of amides is 1. The maximum Gasteiger partial charge on any atom is 0.253 e. The number of rotatable bonds is 4. The average Bonchev–Trinajstić information content (AvgIpc) is 2.62. The molecule has 2 aromatic rings. The summed E-state index contributed by atoms with van der Waals surface area (Å²) in [5.74, 6) is -0.376. The van der Waals surface area contributed by atoms with E-state index in [1.807, 2.05) is 4.90 Å². The molecule has 0 aliphatic carbocycles. The van der Waals surface area contributed by atoms with Gasteiger partial charge in [-0.2, -0.15) is 0 Å². The van der Waals surface area contributed by atoms with E-state index in [0.29, 0.717) is 48.7 Å². The van der Waals surface area contributed by atoms with Crippen molar-refractivity contribution in [3.05, 3.63) is 59.4 Å². The first kappa shape index (κ1) is 19.2. The molecule has 1 amide bonds. The van der Waals surface area contributed by atoms with Crippen LogP contribution < -0.4 is 9.62 Å². The van der Waals surface area contributed by atoms with E-state index in [4.69, 9.17) is 0 Å². The fraction of sp³-hybridized carbons (Fsp3) is 0.316. The molecule has 1 N–H and O–H groups in total. The molecule has 1 fully saturated rings. The molecule has 1 aliphatic heterocycles. The molecule has 0 atom stereocenters. The van der Waals surface area contributed by atoms with Crippen molar-refractivity contribution in [1.29, 1.82) is 0 Å². The zero-order valence-corrected chi connectivity index (χ0v) is 16.1. The van der Waals surface area contributed by atoms with Crippen LogP contribution in [-0.4, -0.2) is 51.7 Å². The van der Waals surface area contributed by atoms with E-state index >= 15 is 0 Å². The molecule has 1 aliphatic rings. The Hall–Kier alpha value is -2.61. The molecule has 0 bridgehead atoms. The Balaban J connectivity index is 1.67. The first-order chi connectivity index (χ1) is 12.7. The van der Waals surface area contributed by atoms with E-state index in [9.17, 15) is 17.6 Å². The fourth-order valence-electron chi connectivity index (χ4n) is 3.15. The van der Waals surface area contributed by atoms with Gasteiger partial charge in [0.2, 0.25) is 10.0 Å². The van der Waals surface area contributed by atoms with Crippen molar-refractivity contribution < 1.29 is 17.6 Å². The number of hydrogen-bond donors (Lipinski definition) is 1. The highest BCUT2D eigenvalue weighted by atomic mass is 32.2. The van der Waals surface area contributed by atoms with Crippen LogP contribution in [0.1, 0.15) is 15.9 Å². The van der Waals surface area contributed by atoms with Crippen LogP contribution in [0.5, 0.6) is 0 Å².